The summed E-state index contributed by atoms with van der Waals surface area (Å²) in [4.78, 5) is 0. The number of fused-ring (bicyclic) bond motifs is 3. The Labute approximate surface area is 270 Å². The average Bonchev–Trinajstić information content (AvgIpc) is 3.48. The Morgan fingerprint density at radius 1 is 0.696 bits per heavy atom. The molecular weight excluding hydrogens is 556 g/mol. The van der Waals surface area contributed by atoms with Gasteiger partial charge in [-0.1, -0.05) is 118 Å². The first kappa shape index (κ1) is 26.1. The van der Waals surface area contributed by atoms with Crippen LogP contribution in [-0.4, -0.2) is 4.57 Å². The molecule has 2 heteroatoms. The zero-order valence-corrected chi connectivity index (χ0v) is 26.5. The van der Waals surface area contributed by atoms with Gasteiger partial charge in [0.05, 0.1) is 11.9 Å². The van der Waals surface area contributed by atoms with E-state index in [-0.39, 0.29) is 11.3 Å². The van der Waals surface area contributed by atoms with Gasteiger partial charge in [-0.25, -0.2) is 0 Å². The molecule has 46 heavy (non-hydrogen) atoms. The van der Waals surface area contributed by atoms with Crippen molar-refractivity contribution in [1.29, 1.82) is 0 Å². The van der Waals surface area contributed by atoms with Crippen molar-refractivity contribution in [2.45, 2.75) is 44.1 Å². The summed E-state index contributed by atoms with van der Waals surface area (Å²) in [7, 11) is 0. The van der Waals surface area contributed by atoms with Crippen LogP contribution < -0.4 is 4.57 Å². The molecule has 2 atom stereocenters. The Hall–Kier alpha value is -5.21. The molecular formula is C44H35N2+. The van der Waals surface area contributed by atoms with Gasteiger partial charge in [-0.15, -0.1) is 0 Å². The summed E-state index contributed by atoms with van der Waals surface area (Å²) < 4.78 is 5.08. The van der Waals surface area contributed by atoms with E-state index in [1.807, 2.05) is 0 Å². The van der Waals surface area contributed by atoms with Crippen LogP contribution in [0.4, 0.5) is 0 Å². The first-order chi connectivity index (χ1) is 22.5. The van der Waals surface area contributed by atoms with E-state index in [1.165, 1.54) is 77.9 Å². The van der Waals surface area contributed by atoms with Crippen molar-refractivity contribution in [3.63, 3.8) is 0 Å². The highest BCUT2D eigenvalue weighted by atomic mass is 15.1. The smallest absolute Gasteiger partial charge is 0.246 e. The number of para-hydroxylation sites is 1. The number of benzene rings is 5. The van der Waals surface area contributed by atoms with Crippen molar-refractivity contribution in [3.05, 3.63) is 190 Å². The molecule has 0 saturated heterocycles. The third-order valence-electron chi connectivity index (χ3n) is 10.9. The van der Waals surface area contributed by atoms with Crippen LogP contribution in [0.15, 0.2) is 140 Å². The van der Waals surface area contributed by atoms with Crippen molar-refractivity contribution >= 4 is 10.9 Å². The van der Waals surface area contributed by atoms with E-state index in [9.17, 15) is 0 Å². The molecule has 0 N–H and O–H groups in total. The molecule has 5 aromatic carbocycles. The molecule has 2 nitrogen and oxygen atoms in total. The zero-order chi connectivity index (χ0) is 30.8. The fraction of sp³-hybridized carbons (Fsp3) is 0.159. The maximum atomic E-state index is 2.66. The van der Waals surface area contributed by atoms with Crippen molar-refractivity contribution in [1.82, 2.24) is 4.57 Å². The SMILES string of the molecule is CC(C)(C)c1cc[n+]2c(c1)Cc1cccc3c1C21c2ccccc2C(c2ccccc2)c2ccc4c(c-3cn4-c3ccccc3)c21. The van der Waals surface area contributed by atoms with Crippen molar-refractivity contribution in [2.24, 2.45) is 0 Å². The average molecular weight is 592 g/mol. The summed E-state index contributed by atoms with van der Waals surface area (Å²) in [5.74, 6) is 0.142. The van der Waals surface area contributed by atoms with Gasteiger partial charge in [0.15, 0.2) is 11.9 Å². The molecule has 3 heterocycles. The second kappa shape index (κ2) is 8.95. The van der Waals surface area contributed by atoms with Crippen LogP contribution in [0.25, 0.3) is 27.7 Å². The lowest BCUT2D eigenvalue weighted by Crippen LogP contribution is -2.65. The highest BCUT2D eigenvalue weighted by Gasteiger charge is 2.60. The number of hydrogen-bond acceptors (Lipinski definition) is 0. The van der Waals surface area contributed by atoms with Crippen LogP contribution in [-0.2, 0) is 17.4 Å². The molecule has 1 spiro atoms. The largest absolute Gasteiger partial charge is 0.316 e. The molecule has 3 aliphatic rings. The Balaban J connectivity index is 1.43. The third-order valence-corrected chi connectivity index (χ3v) is 10.9. The number of rotatable bonds is 2. The molecule has 2 aromatic heterocycles. The van der Waals surface area contributed by atoms with E-state index < -0.39 is 5.54 Å². The normalized spacial score (nSPS) is 18.5. The number of aromatic nitrogens is 2. The van der Waals surface area contributed by atoms with Gasteiger partial charge in [-0.2, -0.15) is 4.57 Å². The Morgan fingerprint density at radius 3 is 2.26 bits per heavy atom. The van der Waals surface area contributed by atoms with Crippen LogP contribution in [0.5, 0.6) is 0 Å². The molecule has 0 saturated carbocycles. The summed E-state index contributed by atoms with van der Waals surface area (Å²) >= 11 is 0. The zero-order valence-electron chi connectivity index (χ0n) is 26.5. The topological polar surface area (TPSA) is 8.81 Å². The maximum Gasteiger partial charge on any atom is 0.246 e. The van der Waals surface area contributed by atoms with Crippen molar-refractivity contribution < 1.29 is 4.57 Å². The fourth-order valence-electron chi connectivity index (χ4n) is 9.07. The molecule has 2 aliphatic carbocycles. The first-order valence-electron chi connectivity index (χ1n) is 16.5. The van der Waals surface area contributed by atoms with Gasteiger partial charge in [0.2, 0.25) is 5.54 Å². The lowest BCUT2D eigenvalue weighted by atomic mass is 9.58. The minimum Gasteiger partial charge on any atom is -0.316 e. The van der Waals surface area contributed by atoms with Crippen LogP contribution in [0.1, 0.15) is 76.9 Å². The predicted molar refractivity (Wildman–Crippen MR) is 186 cm³/mol. The van der Waals surface area contributed by atoms with Crippen molar-refractivity contribution in [3.8, 4) is 16.8 Å². The monoisotopic (exact) mass is 591 g/mol. The van der Waals surface area contributed by atoms with Gasteiger partial charge in [0.1, 0.15) is 0 Å². The van der Waals surface area contributed by atoms with Crippen LogP contribution in [0, 0.1) is 0 Å². The highest BCUT2D eigenvalue weighted by molar-refractivity contribution is 6.06. The van der Waals surface area contributed by atoms with Gasteiger partial charge in [0, 0.05) is 57.6 Å². The van der Waals surface area contributed by atoms with Crippen LogP contribution in [0.3, 0.4) is 0 Å². The summed E-state index contributed by atoms with van der Waals surface area (Å²) in [5, 5.41) is 1.38. The highest BCUT2D eigenvalue weighted by Crippen LogP contribution is 2.60. The molecule has 0 fully saturated rings. The second-order valence-electron chi connectivity index (χ2n) is 14.4. The second-order valence-corrected chi connectivity index (χ2v) is 14.4. The predicted octanol–water partition coefficient (Wildman–Crippen LogP) is 9.43. The first-order valence-corrected chi connectivity index (χ1v) is 16.5. The summed E-state index contributed by atoms with van der Waals surface area (Å²) in [5.41, 5.74) is 17.3. The van der Waals surface area contributed by atoms with Gasteiger partial charge in [0.25, 0.3) is 0 Å². The lowest BCUT2D eigenvalue weighted by Gasteiger charge is -2.46. The van der Waals surface area contributed by atoms with Crippen LogP contribution >= 0.6 is 0 Å². The van der Waals surface area contributed by atoms with E-state index in [2.05, 4.69) is 170 Å². The molecule has 2 unspecified atom stereocenters. The summed E-state index contributed by atoms with van der Waals surface area (Å²) in [6, 6.07) is 48.0. The number of hydrogen-bond donors (Lipinski definition) is 0. The molecule has 0 radical (unpaired) electrons. The number of nitrogens with zero attached hydrogens (tertiary/aromatic N) is 2. The Kier molecular flexibility index (Phi) is 5.07. The molecule has 1 aliphatic heterocycles. The maximum absolute atomic E-state index is 2.66. The van der Waals surface area contributed by atoms with E-state index in [4.69, 9.17) is 0 Å². The van der Waals surface area contributed by atoms with Gasteiger partial charge in [-0.05, 0) is 57.0 Å². The molecule has 7 aromatic rings. The molecule has 0 amide bonds. The van der Waals surface area contributed by atoms with E-state index in [0.717, 1.165) is 6.42 Å². The van der Waals surface area contributed by atoms with E-state index >= 15 is 0 Å². The molecule has 10 rings (SSSR count). The summed E-state index contributed by atoms with van der Waals surface area (Å²) in [6.45, 7) is 6.97. The third kappa shape index (κ3) is 3.19. The van der Waals surface area contributed by atoms with Gasteiger partial charge in [-0.3, -0.25) is 0 Å². The Bertz CT molecular complexity index is 2370. The quantitative estimate of drug-likeness (QED) is 0.177. The van der Waals surface area contributed by atoms with Gasteiger partial charge >= 0.3 is 0 Å². The van der Waals surface area contributed by atoms with Crippen molar-refractivity contribution in [2.75, 3.05) is 0 Å². The van der Waals surface area contributed by atoms with Crippen LogP contribution in [0.2, 0.25) is 0 Å². The van der Waals surface area contributed by atoms with Gasteiger partial charge < -0.3 is 4.57 Å². The minimum atomic E-state index is -0.484. The lowest BCUT2D eigenvalue weighted by molar-refractivity contribution is -0.743. The minimum absolute atomic E-state index is 0.0655. The van der Waals surface area contributed by atoms with E-state index in [0.29, 0.717) is 0 Å². The van der Waals surface area contributed by atoms with E-state index in [1.54, 1.807) is 0 Å². The number of pyridine rings is 1. The Morgan fingerprint density at radius 2 is 1.46 bits per heavy atom. The standard InChI is InChI=1S/C44H35N2/c1-43(2,3)30-23-24-46-32(26-30)25-29-15-12-19-33-36-27-45(31-16-8-5-9-17-31)38-22-21-35-39(28-13-6-4-7-14-28)34-18-10-11-20-37(34)44(46,41(29)33)42(35)40(36)38/h4-24,26-27,39H,25H2,1-3H3/q+1. The molecule has 0 bridgehead atoms. The fourth-order valence-corrected chi connectivity index (χ4v) is 9.07. The molecule has 220 valence electrons. The summed E-state index contributed by atoms with van der Waals surface area (Å²) in [6.07, 6.45) is 5.73.